The largest absolute Gasteiger partial charge is 0.462 e. The molecule has 2 rings (SSSR count). The Morgan fingerprint density at radius 1 is 0.636 bits per heavy atom. The van der Waals surface area contributed by atoms with Gasteiger partial charge in [-0.05, 0) is 37.1 Å². The Hall–Kier alpha value is -3.68. The number of benzene rings is 2. The summed E-state index contributed by atoms with van der Waals surface area (Å²) in [5.74, 6) is -1.86. The predicted molar refractivity (Wildman–Crippen MR) is 119 cm³/mol. The standard InChI is InChI=1S/C25H28O8/c1-3-10-22(26)32-20-14-7-5-12-18(20)24(28)30-16-9-17-31-25(29)19-13-6-8-15-21(19)33-23(27)11-4-2/h5-8,12-15H,3-4,9-11,16-17H2,1-2H3. The van der Waals surface area contributed by atoms with E-state index in [4.69, 9.17) is 18.9 Å². The van der Waals surface area contributed by atoms with E-state index in [9.17, 15) is 19.2 Å². The summed E-state index contributed by atoms with van der Waals surface area (Å²) in [6.45, 7) is 3.70. The first kappa shape index (κ1) is 25.6. The molecule has 0 spiro atoms. The SMILES string of the molecule is CCCC(=O)Oc1ccccc1C(=O)OCCCOC(=O)c1ccccc1OC(=O)CCC. The van der Waals surface area contributed by atoms with E-state index in [1.165, 1.54) is 24.3 Å². The number of rotatable bonds is 12. The maximum Gasteiger partial charge on any atom is 0.341 e. The van der Waals surface area contributed by atoms with Crippen LogP contribution in [0.25, 0.3) is 0 Å². The highest BCUT2D eigenvalue weighted by molar-refractivity contribution is 5.94. The summed E-state index contributed by atoms with van der Waals surface area (Å²) < 4.78 is 20.9. The number of hydrogen-bond donors (Lipinski definition) is 0. The third-order valence-corrected chi connectivity index (χ3v) is 4.32. The summed E-state index contributed by atoms with van der Waals surface area (Å²) in [5, 5.41) is 0. The van der Waals surface area contributed by atoms with E-state index < -0.39 is 23.9 Å². The molecule has 0 amide bonds. The highest BCUT2D eigenvalue weighted by Crippen LogP contribution is 2.21. The Labute approximate surface area is 192 Å². The second-order valence-corrected chi connectivity index (χ2v) is 7.07. The smallest absolute Gasteiger partial charge is 0.341 e. The van der Waals surface area contributed by atoms with Crippen LogP contribution in [-0.2, 0) is 19.1 Å². The molecule has 2 aromatic carbocycles. The molecule has 0 bridgehead atoms. The van der Waals surface area contributed by atoms with Gasteiger partial charge < -0.3 is 18.9 Å². The molecule has 2 aromatic rings. The Bertz CT molecular complexity index is 889. The second kappa shape index (κ2) is 13.7. The van der Waals surface area contributed by atoms with E-state index in [1.54, 1.807) is 24.3 Å². The average Bonchev–Trinajstić information content (AvgIpc) is 2.79. The molecule has 0 fully saturated rings. The molecule has 8 heteroatoms. The van der Waals surface area contributed by atoms with Gasteiger partial charge in [0.1, 0.15) is 22.6 Å². The lowest BCUT2D eigenvalue weighted by Crippen LogP contribution is -2.15. The van der Waals surface area contributed by atoms with Gasteiger partial charge in [0, 0.05) is 19.3 Å². The van der Waals surface area contributed by atoms with Crippen molar-refractivity contribution in [3.8, 4) is 11.5 Å². The van der Waals surface area contributed by atoms with Crippen LogP contribution in [-0.4, -0.2) is 37.1 Å². The van der Waals surface area contributed by atoms with Crippen molar-refractivity contribution in [3.63, 3.8) is 0 Å². The average molecular weight is 456 g/mol. The van der Waals surface area contributed by atoms with Crippen LogP contribution >= 0.6 is 0 Å². The molecule has 0 aromatic heterocycles. The lowest BCUT2D eigenvalue weighted by atomic mass is 10.2. The number of esters is 4. The highest BCUT2D eigenvalue weighted by Gasteiger charge is 2.17. The van der Waals surface area contributed by atoms with Gasteiger partial charge >= 0.3 is 23.9 Å². The van der Waals surface area contributed by atoms with E-state index >= 15 is 0 Å². The molecular formula is C25H28O8. The second-order valence-electron chi connectivity index (χ2n) is 7.07. The van der Waals surface area contributed by atoms with Crippen LogP contribution in [0.2, 0.25) is 0 Å². The lowest BCUT2D eigenvalue weighted by molar-refractivity contribution is -0.135. The minimum atomic E-state index is -0.644. The molecule has 0 heterocycles. The Morgan fingerprint density at radius 2 is 1.03 bits per heavy atom. The normalized spacial score (nSPS) is 10.2. The Kier molecular flexibility index (Phi) is 10.6. The summed E-state index contributed by atoms with van der Waals surface area (Å²) in [4.78, 5) is 48.2. The minimum Gasteiger partial charge on any atom is -0.462 e. The van der Waals surface area contributed by atoms with Gasteiger partial charge in [-0.3, -0.25) is 9.59 Å². The number of carbonyl (C=O) groups excluding carboxylic acids is 4. The van der Waals surface area contributed by atoms with E-state index in [2.05, 4.69) is 0 Å². The molecule has 0 saturated heterocycles. The van der Waals surface area contributed by atoms with Gasteiger partial charge in [0.2, 0.25) is 0 Å². The molecule has 0 aliphatic carbocycles. The van der Waals surface area contributed by atoms with Crippen molar-refractivity contribution in [2.45, 2.75) is 46.0 Å². The first-order valence-corrected chi connectivity index (χ1v) is 10.9. The zero-order valence-electron chi connectivity index (χ0n) is 18.8. The van der Waals surface area contributed by atoms with E-state index in [1.807, 2.05) is 13.8 Å². The maximum absolute atomic E-state index is 12.4. The molecule has 0 radical (unpaired) electrons. The summed E-state index contributed by atoms with van der Waals surface area (Å²) in [7, 11) is 0. The number of ether oxygens (including phenoxy) is 4. The van der Waals surface area contributed by atoms with Gasteiger partial charge in [0.15, 0.2) is 0 Å². The molecule has 0 aliphatic heterocycles. The van der Waals surface area contributed by atoms with Crippen molar-refractivity contribution >= 4 is 23.9 Å². The Balaban J connectivity index is 1.82. The third-order valence-electron chi connectivity index (χ3n) is 4.32. The summed E-state index contributed by atoms with van der Waals surface area (Å²) in [6, 6.07) is 12.7. The molecular weight excluding hydrogens is 428 g/mol. The molecule has 33 heavy (non-hydrogen) atoms. The van der Waals surface area contributed by atoms with Crippen LogP contribution in [0, 0.1) is 0 Å². The first-order valence-electron chi connectivity index (χ1n) is 10.9. The Morgan fingerprint density at radius 3 is 1.42 bits per heavy atom. The molecule has 0 atom stereocenters. The predicted octanol–water partition coefficient (Wildman–Crippen LogP) is 4.50. The first-order chi connectivity index (χ1) is 16.0. The fourth-order valence-electron chi connectivity index (χ4n) is 2.75. The fraction of sp³-hybridized carbons (Fsp3) is 0.360. The third kappa shape index (κ3) is 8.40. The van der Waals surface area contributed by atoms with Gasteiger partial charge in [0.25, 0.3) is 0 Å². The van der Waals surface area contributed by atoms with Crippen LogP contribution < -0.4 is 9.47 Å². The number of hydrogen-bond acceptors (Lipinski definition) is 8. The van der Waals surface area contributed by atoms with E-state index in [-0.39, 0.29) is 55.1 Å². The van der Waals surface area contributed by atoms with Crippen LogP contribution in [0.4, 0.5) is 0 Å². The van der Waals surface area contributed by atoms with Gasteiger partial charge in [-0.15, -0.1) is 0 Å². The topological polar surface area (TPSA) is 105 Å². The van der Waals surface area contributed by atoms with Crippen LogP contribution in [0.5, 0.6) is 11.5 Å². The van der Waals surface area contributed by atoms with Crippen molar-refractivity contribution in [2.75, 3.05) is 13.2 Å². The van der Waals surface area contributed by atoms with E-state index in [0.717, 1.165) is 0 Å². The summed E-state index contributed by atoms with van der Waals surface area (Å²) in [6.07, 6.45) is 2.02. The minimum absolute atomic E-state index is 0.00349. The van der Waals surface area contributed by atoms with Crippen molar-refractivity contribution in [3.05, 3.63) is 59.7 Å². The van der Waals surface area contributed by atoms with Gasteiger partial charge in [-0.2, -0.15) is 0 Å². The zero-order valence-corrected chi connectivity index (χ0v) is 18.8. The molecule has 0 N–H and O–H groups in total. The molecule has 0 aliphatic rings. The zero-order chi connectivity index (χ0) is 24.1. The lowest BCUT2D eigenvalue weighted by Gasteiger charge is -2.11. The fourth-order valence-corrected chi connectivity index (χ4v) is 2.75. The maximum atomic E-state index is 12.4. The molecule has 8 nitrogen and oxygen atoms in total. The van der Waals surface area contributed by atoms with Crippen LogP contribution in [0.3, 0.4) is 0 Å². The van der Waals surface area contributed by atoms with Crippen LogP contribution in [0.1, 0.15) is 66.7 Å². The molecule has 0 unspecified atom stereocenters. The highest BCUT2D eigenvalue weighted by atomic mass is 16.6. The van der Waals surface area contributed by atoms with Crippen LogP contribution in [0.15, 0.2) is 48.5 Å². The van der Waals surface area contributed by atoms with Crippen molar-refractivity contribution < 1.29 is 38.1 Å². The quantitative estimate of drug-likeness (QED) is 0.261. The van der Waals surface area contributed by atoms with Gasteiger partial charge in [-0.1, -0.05) is 38.1 Å². The number of carbonyl (C=O) groups is 4. The monoisotopic (exact) mass is 456 g/mol. The van der Waals surface area contributed by atoms with Crippen molar-refractivity contribution in [1.29, 1.82) is 0 Å². The van der Waals surface area contributed by atoms with E-state index in [0.29, 0.717) is 12.8 Å². The summed E-state index contributed by atoms with van der Waals surface area (Å²) >= 11 is 0. The van der Waals surface area contributed by atoms with Gasteiger partial charge in [0.05, 0.1) is 13.2 Å². The summed E-state index contributed by atoms with van der Waals surface area (Å²) in [5.41, 5.74) is 0.281. The molecule has 176 valence electrons. The van der Waals surface area contributed by atoms with Crippen molar-refractivity contribution in [1.82, 2.24) is 0 Å². The number of para-hydroxylation sites is 2. The molecule has 0 saturated carbocycles. The van der Waals surface area contributed by atoms with Gasteiger partial charge in [-0.25, -0.2) is 9.59 Å². The van der Waals surface area contributed by atoms with Crippen molar-refractivity contribution in [2.24, 2.45) is 0 Å².